The van der Waals surface area contributed by atoms with Gasteiger partial charge in [0.1, 0.15) is 5.52 Å². The highest BCUT2D eigenvalue weighted by atomic mass is 16.5. The van der Waals surface area contributed by atoms with Gasteiger partial charge in [-0.15, -0.1) is 0 Å². The Morgan fingerprint density at radius 3 is 2.55 bits per heavy atom. The van der Waals surface area contributed by atoms with E-state index < -0.39 is 0 Å². The maximum absolute atomic E-state index is 13.8. The normalized spacial score (nSPS) is 16.9. The van der Waals surface area contributed by atoms with Gasteiger partial charge in [0.25, 0.3) is 11.5 Å². The minimum absolute atomic E-state index is 0.130. The number of nitrogens with one attached hydrogen (secondary N) is 2. The molecule has 2 N–H and O–H groups in total. The fourth-order valence-electron chi connectivity index (χ4n) is 5.93. The lowest BCUT2D eigenvalue weighted by molar-refractivity contribution is 0.0378. The number of rotatable bonds is 9. The molecule has 2 fully saturated rings. The lowest BCUT2D eigenvalue weighted by Gasteiger charge is -2.36. The third-order valence-corrected chi connectivity index (χ3v) is 8.14. The second-order valence-corrected chi connectivity index (χ2v) is 10.8. The van der Waals surface area contributed by atoms with E-state index in [1.54, 1.807) is 0 Å². The Kier molecular flexibility index (Phi) is 8.87. The number of hydrogen-bond donors (Lipinski definition) is 2. The van der Waals surface area contributed by atoms with Crippen molar-refractivity contribution < 1.29 is 18.7 Å². The Morgan fingerprint density at radius 2 is 1.85 bits per heavy atom. The van der Waals surface area contributed by atoms with Crippen LogP contribution in [0.5, 0.6) is 0 Å². The van der Waals surface area contributed by atoms with Crippen molar-refractivity contribution in [2.75, 3.05) is 57.5 Å². The van der Waals surface area contributed by atoms with Gasteiger partial charge in [0, 0.05) is 81.4 Å². The lowest BCUT2D eigenvalue weighted by atomic mass is 9.99. The van der Waals surface area contributed by atoms with Crippen LogP contribution in [0.1, 0.15) is 58.4 Å². The highest BCUT2D eigenvalue weighted by Gasteiger charge is 2.28. The number of pyridine rings is 1. The van der Waals surface area contributed by atoms with Gasteiger partial charge in [0.2, 0.25) is 0 Å². The summed E-state index contributed by atoms with van der Waals surface area (Å²) in [6.45, 7) is 14.3. The summed E-state index contributed by atoms with van der Waals surface area (Å²) in [4.78, 5) is 38.8. The number of amides is 1. The Balaban J connectivity index is 1.49. The van der Waals surface area contributed by atoms with E-state index in [-0.39, 0.29) is 18.0 Å². The number of carbonyl (C=O) groups excluding carboxylic acids is 1. The van der Waals surface area contributed by atoms with Crippen molar-refractivity contribution in [2.45, 2.75) is 59.5 Å². The highest BCUT2D eigenvalue weighted by molar-refractivity contribution is 6.07. The molecule has 0 bridgehead atoms. The molecule has 0 atom stereocenters. The summed E-state index contributed by atoms with van der Waals surface area (Å²) >= 11 is 0. The Labute approximate surface area is 235 Å². The number of benzene rings is 1. The van der Waals surface area contributed by atoms with Gasteiger partial charge in [0.15, 0.2) is 11.5 Å². The largest absolute Gasteiger partial charge is 0.441 e. The maximum atomic E-state index is 13.8. The van der Waals surface area contributed by atoms with Crippen molar-refractivity contribution in [3.63, 3.8) is 0 Å². The standard InChI is InChI=1S/C30H41N5O5/c1-5-35(22-7-12-38-13-8-22)24-17-25-28(33-26(40-25)6-9-34-10-14-39-15-11-34)27(21(24)4)30(37)31-18-23-19(2)16-20(3)32-29(23)36/h16-17,22H,5-15,18H2,1-4H3,(H,31,37)(H,32,36). The van der Waals surface area contributed by atoms with Crippen LogP contribution in [0.15, 0.2) is 21.3 Å². The second-order valence-electron chi connectivity index (χ2n) is 10.8. The number of aryl methyl sites for hydroxylation is 2. The zero-order chi connectivity index (χ0) is 28.2. The van der Waals surface area contributed by atoms with E-state index in [4.69, 9.17) is 18.9 Å². The molecule has 1 amide bonds. The highest BCUT2D eigenvalue weighted by Crippen LogP contribution is 2.34. The van der Waals surface area contributed by atoms with Crippen LogP contribution in [0.4, 0.5) is 5.69 Å². The lowest BCUT2D eigenvalue weighted by Crippen LogP contribution is -2.40. The molecule has 3 aromatic rings. The number of hydrogen-bond acceptors (Lipinski definition) is 8. The molecule has 2 aliphatic heterocycles. The van der Waals surface area contributed by atoms with Crippen molar-refractivity contribution in [2.24, 2.45) is 0 Å². The molecule has 1 aromatic carbocycles. The van der Waals surface area contributed by atoms with Crippen molar-refractivity contribution in [1.29, 1.82) is 0 Å². The molecule has 10 nitrogen and oxygen atoms in total. The zero-order valence-electron chi connectivity index (χ0n) is 24.1. The molecular formula is C30H41N5O5. The first-order chi connectivity index (χ1) is 19.4. The van der Waals surface area contributed by atoms with Gasteiger partial charge in [-0.3, -0.25) is 14.5 Å². The molecule has 0 radical (unpaired) electrons. The summed E-state index contributed by atoms with van der Waals surface area (Å²) in [6.07, 6.45) is 2.52. The number of morpholine rings is 1. The van der Waals surface area contributed by atoms with E-state index in [1.807, 2.05) is 32.9 Å². The Bertz CT molecular complexity index is 1400. The SMILES string of the molecule is CCN(c1cc2oc(CCN3CCOCC3)nc2c(C(=O)NCc2c(C)cc(C)[nH]c2=O)c1C)C1CCOCC1. The summed E-state index contributed by atoms with van der Waals surface area (Å²) < 4.78 is 17.4. The second kappa shape index (κ2) is 12.5. The van der Waals surface area contributed by atoms with E-state index in [1.165, 1.54) is 0 Å². The number of nitrogens with zero attached hydrogens (tertiary/aromatic N) is 3. The van der Waals surface area contributed by atoms with Crippen molar-refractivity contribution in [1.82, 2.24) is 20.2 Å². The van der Waals surface area contributed by atoms with Crippen LogP contribution >= 0.6 is 0 Å². The van der Waals surface area contributed by atoms with Crippen LogP contribution in [0.3, 0.4) is 0 Å². The van der Waals surface area contributed by atoms with Crippen LogP contribution in [0, 0.1) is 20.8 Å². The topological polar surface area (TPSA) is 113 Å². The molecule has 2 aromatic heterocycles. The first-order valence-electron chi connectivity index (χ1n) is 14.4. The number of carbonyl (C=O) groups is 1. The molecule has 2 saturated heterocycles. The summed E-state index contributed by atoms with van der Waals surface area (Å²) in [7, 11) is 0. The summed E-state index contributed by atoms with van der Waals surface area (Å²) in [5, 5.41) is 3.00. The number of anilines is 1. The minimum Gasteiger partial charge on any atom is -0.441 e. The third kappa shape index (κ3) is 6.09. The third-order valence-electron chi connectivity index (χ3n) is 8.14. The number of aromatic amines is 1. The summed E-state index contributed by atoms with van der Waals surface area (Å²) in [6, 6.07) is 4.28. The molecule has 10 heteroatoms. The molecule has 4 heterocycles. The van der Waals surface area contributed by atoms with Crippen LogP contribution in [-0.4, -0.2) is 79.4 Å². The average molecular weight is 552 g/mol. The fraction of sp³-hybridized carbons (Fsp3) is 0.567. The van der Waals surface area contributed by atoms with Gasteiger partial charge in [0.05, 0.1) is 18.8 Å². The van der Waals surface area contributed by atoms with Gasteiger partial charge < -0.3 is 29.1 Å². The number of H-pyrrole nitrogens is 1. The Hall–Kier alpha value is -3.21. The molecule has 0 aliphatic carbocycles. The molecule has 0 spiro atoms. The molecule has 40 heavy (non-hydrogen) atoms. The predicted molar refractivity (Wildman–Crippen MR) is 154 cm³/mol. The van der Waals surface area contributed by atoms with Gasteiger partial charge in [-0.2, -0.15) is 0 Å². The molecule has 0 saturated carbocycles. The van der Waals surface area contributed by atoms with Crippen LogP contribution in [0.25, 0.3) is 11.1 Å². The number of oxazole rings is 1. The number of ether oxygens (including phenoxy) is 2. The van der Waals surface area contributed by atoms with Crippen molar-refractivity contribution in [3.05, 3.63) is 56.3 Å². The molecule has 5 rings (SSSR count). The molecule has 2 aliphatic rings. The van der Waals surface area contributed by atoms with Gasteiger partial charge in [-0.1, -0.05) is 0 Å². The number of fused-ring (bicyclic) bond motifs is 1. The summed E-state index contributed by atoms with van der Waals surface area (Å²) in [5.41, 5.74) is 5.52. The minimum atomic E-state index is -0.264. The first-order valence-corrected chi connectivity index (χ1v) is 14.4. The molecule has 0 unspecified atom stereocenters. The van der Waals surface area contributed by atoms with E-state index in [0.29, 0.717) is 40.6 Å². The van der Waals surface area contributed by atoms with Crippen molar-refractivity contribution in [3.8, 4) is 0 Å². The quantitative estimate of drug-likeness (QED) is 0.417. The van der Waals surface area contributed by atoms with E-state index >= 15 is 0 Å². The van der Waals surface area contributed by atoms with Gasteiger partial charge >= 0.3 is 0 Å². The maximum Gasteiger partial charge on any atom is 0.254 e. The van der Waals surface area contributed by atoms with E-state index in [0.717, 1.165) is 88.0 Å². The Morgan fingerprint density at radius 1 is 1.12 bits per heavy atom. The van der Waals surface area contributed by atoms with Crippen molar-refractivity contribution >= 4 is 22.7 Å². The van der Waals surface area contributed by atoms with Crippen LogP contribution < -0.4 is 15.8 Å². The summed E-state index contributed by atoms with van der Waals surface area (Å²) in [5.74, 6) is 0.354. The number of aromatic nitrogens is 2. The fourth-order valence-corrected chi connectivity index (χ4v) is 5.93. The first kappa shape index (κ1) is 28.3. The predicted octanol–water partition coefficient (Wildman–Crippen LogP) is 3.25. The van der Waals surface area contributed by atoms with Gasteiger partial charge in [-0.25, -0.2) is 4.98 Å². The molecular weight excluding hydrogens is 510 g/mol. The van der Waals surface area contributed by atoms with Gasteiger partial charge in [-0.05, 0) is 57.7 Å². The monoisotopic (exact) mass is 551 g/mol. The van der Waals surface area contributed by atoms with Crippen LogP contribution in [-0.2, 0) is 22.4 Å². The van der Waals surface area contributed by atoms with Crippen LogP contribution in [0.2, 0.25) is 0 Å². The zero-order valence-corrected chi connectivity index (χ0v) is 24.1. The van der Waals surface area contributed by atoms with E-state index in [9.17, 15) is 9.59 Å². The molecule has 216 valence electrons. The average Bonchev–Trinajstić information content (AvgIpc) is 3.35. The van der Waals surface area contributed by atoms with E-state index in [2.05, 4.69) is 27.0 Å². The smallest absolute Gasteiger partial charge is 0.254 e.